The Kier molecular flexibility index (Phi) is 2.87. The van der Waals surface area contributed by atoms with E-state index < -0.39 is 0 Å². The molecule has 0 aromatic carbocycles. The Morgan fingerprint density at radius 3 is 2.62 bits per heavy atom. The third kappa shape index (κ3) is 2.49. The topological polar surface area (TPSA) is 29.0 Å². The SMILES string of the molecule is c1ccn(NCC2CCNCC2)c1. The van der Waals surface area contributed by atoms with Gasteiger partial charge >= 0.3 is 0 Å². The molecule has 1 saturated heterocycles. The van der Waals surface area contributed by atoms with Crippen molar-refractivity contribution < 1.29 is 0 Å². The van der Waals surface area contributed by atoms with Gasteiger partial charge in [0.1, 0.15) is 0 Å². The number of rotatable bonds is 3. The van der Waals surface area contributed by atoms with Gasteiger partial charge in [0.2, 0.25) is 0 Å². The second kappa shape index (κ2) is 4.33. The Morgan fingerprint density at radius 2 is 1.92 bits per heavy atom. The van der Waals surface area contributed by atoms with E-state index in [0.717, 1.165) is 12.5 Å². The molecule has 0 radical (unpaired) electrons. The molecule has 1 aromatic rings. The molecule has 0 bridgehead atoms. The summed E-state index contributed by atoms with van der Waals surface area (Å²) in [5.74, 6) is 0.837. The molecule has 0 amide bonds. The van der Waals surface area contributed by atoms with Crippen LogP contribution in [0.25, 0.3) is 0 Å². The predicted octanol–water partition coefficient (Wildman–Crippen LogP) is 1.03. The highest BCUT2D eigenvalue weighted by Gasteiger charge is 2.11. The molecule has 2 rings (SSSR count). The highest BCUT2D eigenvalue weighted by Crippen LogP contribution is 2.10. The lowest BCUT2D eigenvalue weighted by Gasteiger charge is -2.23. The summed E-state index contributed by atoms with van der Waals surface area (Å²) in [4.78, 5) is 0. The van der Waals surface area contributed by atoms with E-state index >= 15 is 0 Å². The maximum Gasteiger partial charge on any atom is 0.0342 e. The van der Waals surface area contributed by atoms with Crippen LogP contribution in [-0.4, -0.2) is 24.3 Å². The molecule has 2 heterocycles. The third-order valence-electron chi connectivity index (χ3n) is 2.63. The average Bonchev–Trinajstić information content (AvgIpc) is 2.69. The van der Waals surface area contributed by atoms with E-state index in [1.807, 2.05) is 29.2 Å². The molecule has 0 spiro atoms. The van der Waals surface area contributed by atoms with Gasteiger partial charge in [-0.25, -0.2) is 0 Å². The van der Waals surface area contributed by atoms with Crippen LogP contribution in [0.2, 0.25) is 0 Å². The van der Waals surface area contributed by atoms with Crippen molar-refractivity contribution in [1.29, 1.82) is 0 Å². The summed E-state index contributed by atoms with van der Waals surface area (Å²) in [6, 6.07) is 4.07. The fourth-order valence-electron chi connectivity index (χ4n) is 1.76. The molecule has 3 heteroatoms. The van der Waals surface area contributed by atoms with Crippen molar-refractivity contribution in [2.75, 3.05) is 25.1 Å². The molecule has 2 N–H and O–H groups in total. The Hall–Kier alpha value is -0.960. The maximum absolute atomic E-state index is 3.38. The molecule has 0 aliphatic carbocycles. The van der Waals surface area contributed by atoms with E-state index in [9.17, 15) is 0 Å². The molecular weight excluding hydrogens is 162 g/mol. The van der Waals surface area contributed by atoms with Crippen molar-refractivity contribution in [3.63, 3.8) is 0 Å². The van der Waals surface area contributed by atoms with E-state index in [1.165, 1.54) is 25.9 Å². The molecule has 1 aliphatic heterocycles. The van der Waals surface area contributed by atoms with Gasteiger partial charge in [0.15, 0.2) is 0 Å². The number of hydrogen-bond donors (Lipinski definition) is 2. The molecule has 72 valence electrons. The highest BCUT2D eigenvalue weighted by atomic mass is 15.4. The molecule has 0 saturated carbocycles. The number of nitrogens with one attached hydrogen (secondary N) is 2. The van der Waals surface area contributed by atoms with Crippen LogP contribution in [0.1, 0.15) is 12.8 Å². The molecule has 3 nitrogen and oxygen atoms in total. The number of hydrogen-bond acceptors (Lipinski definition) is 2. The molecule has 1 aromatic heterocycles. The molecule has 0 unspecified atom stereocenters. The van der Waals surface area contributed by atoms with Gasteiger partial charge in [0.05, 0.1) is 0 Å². The van der Waals surface area contributed by atoms with Crippen molar-refractivity contribution in [2.24, 2.45) is 5.92 Å². The van der Waals surface area contributed by atoms with Crippen molar-refractivity contribution in [1.82, 2.24) is 9.99 Å². The number of piperidine rings is 1. The lowest BCUT2D eigenvalue weighted by molar-refractivity contribution is 0.382. The molecular formula is C10H17N3. The molecule has 1 aliphatic rings. The van der Waals surface area contributed by atoms with Crippen molar-refractivity contribution in [2.45, 2.75) is 12.8 Å². The quantitative estimate of drug-likeness (QED) is 0.725. The average molecular weight is 179 g/mol. The maximum atomic E-state index is 3.38. The van der Waals surface area contributed by atoms with E-state index in [1.54, 1.807) is 0 Å². The summed E-state index contributed by atoms with van der Waals surface area (Å²) >= 11 is 0. The van der Waals surface area contributed by atoms with Crippen LogP contribution in [0, 0.1) is 5.92 Å². The zero-order valence-corrected chi connectivity index (χ0v) is 7.87. The van der Waals surface area contributed by atoms with Crippen LogP contribution in [0.3, 0.4) is 0 Å². The minimum absolute atomic E-state index is 0.837. The van der Waals surface area contributed by atoms with E-state index in [2.05, 4.69) is 10.7 Å². The second-order valence-electron chi connectivity index (χ2n) is 3.65. The Morgan fingerprint density at radius 1 is 1.23 bits per heavy atom. The lowest BCUT2D eigenvalue weighted by Crippen LogP contribution is -2.32. The zero-order valence-electron chi connectivity index (χ0n) is 7.87. The van der Waals surface area contributed by atoms with Crippen molar-refractivity contribution >= 4 is 0 Å². The van der Waals surface area contributed by atoms with E-state index in [-0.39, 0.29) is 0 Å². The first-order valence-electron chi connectivity index (χ1n) is 5.03. The first kappa shape index (κ1) is 8.63. The monoisotopic (exact) mass is 179 g/mol. The van der Waals surface area contributed by atoms with Gasteiger partial charge in [0.25, 0.3) is 0 Å². The molecule has 0 atom stereocenters. The minimum atomic E-state index is 0.837. The molecule has 1 fully saturated rings. The van der Waals surface area contributed by atoms with Gasteiger partial charge in [0, 0.05) is 18.9 Å². The summed E-state index contributed by atoms with van der Waals surface area (Å²) in [5, 5.41) is 3.37. The van der Waals surface area contributed by atoms with Crippen molar-refractivity contribution in [3.8, 4) is 0 Å². The predicted molar refractivity (Wildman–Crippen MR) is 54.3 cm³/mol. The highest BCUT2D eigenvalue weighted by molar-refractivity contribution is 4.93. The fraction of sp³-hybridized carbons (Fsp3) is 0.600. The van der Waals surface area contributed by atoms with Crippen LogP contribution in [-0.2, 0) is 0 Å². The van der Waals surface area contributed by atoms with Crippen molar-refractivity contribution in [3.05, 3.63) is 24.5 Å². The van der Waals surface area contributed by atoms with Gasteiger partial charge in [-0.3, -0.25) is 4.68 Å². The van der Waals surface area contributed by atoms with Gasteiger partial charge in [-0.1, -0.05) is 0 Å². The largest absolute Gasteiger partial charge is 0.326 e. The van der Waals surface area contributed by atoms with Gasteiger partial charge in [-0.15, -0.1) is 0 Å². The van der Waals surface area contributed by atoms with Crippen LogP contribution < -0.4 is 10.7 Å². The van der Waals surface area contributed by atoms with Gasteiger partial charge in [-0.05, 0) is 44.0 Å². The lowest BCUT2D eigenvalue weighted by atomic mass is 9.99. The van der Waals surface area contributed by atoms with E-state index in [0.29, 0.717) is 0 Å². The summed E-state index contributed by atoms with van der Waals surface area (Å²) in [5.41, 5.74) is 3.38. The van der Waals surface area contributed by atoms with Gasteiger partial charge < -0.3 is 10.7 Å². The van der Waals surface area contributed by atoms with Gasteiger partial charge in [-0.2, -0.15) is 0 Å². The third-order valence-corrected chi connectivity index (χ3v) is 2.63. The van der Waals surface area contributed by atoms with Crippen LogP contribution in [0.15, 0.2) is 24.5 Å². The first-order valence-corrected chi connectivity index (χ1v) is 5.03. The Labute approximate surface area is 79.1 Å². The summed E-state index contributed by atoms with van der Waals surface area (Å²) in [6.07, 6.45) is 6.69. The Bertz CT molecular complexity index is 224. The summed E-state index contributed by atoms with van der Waals surface area (Å²) < 4.78 is 2.03. The first-order chi connectivity index (χ1) is 6.45. The smallest absolute Gasteiger partial charge is 0.0342 e. The minimum Gasteiger partial charge on any atom is -0.326 e. The van der Waals surface area contributed by atoms with E-state index in [4.69, 9.17) is 0 Å². The van der Waals surface area contributed by atoms with Crippen LogP contribution in [0.4, 0.5) is 0 Å². The Balaban J connectivity index is 1.72. The normalized spacial score (nSPS) is 18.8. The summed E-state index contributed by atoms with van der Waals surface area (Å²) in [7, 11) is 0. The zero-order chi connectivity index (χ0) is 8.93. The summed E-state index contributed by atoms with van der Waals surface area (Å²) in [6.45, 7) is 3.45. The van der Waals surface area contributed by atoms with Crippen LogP contribution >= 0.6 is 0 Å². The van der Waals surface area contributed by atoms with Crippen LogP contribution in [0.5, 0.6) is 0 Å². The number of aromatic nitrogens is 1. The second-order valence-corrected chi connectivity index (χ2v) is 3.65. The molecule has 13 heavy (non-hydrogen) atoms. The number of nitrogens with zero attached hydrogens (tertiary/aromatic N) is 1. The fourth-order valence-corrected chi connectivity index (χ4v) is 1.76. The standard InChI is InChI=1S/C10H17N3/c1-2-8-13(7-1)12-9-10-3-5-11-6-4-10/h1-2,7-8,10-12H,3-6,9H2.